The molecule has 0 aromatic rings. The van der Waals surface area contributed by atoms with E-state index in [1.165, 1.54) is 128 Å². The third kappa shape index (κ3) is 13.2. The van der Waals surface area contributed by atoms with Gasteiger partial charge in [0.15, 0.2) is 12.4 Å². The number of carbonyl (C=O) groups excluding carboxylic acids is 1. The first-order valence-corrected chi connectivity index (χ1v) is 16.4. The largest absolute Gasteiger partial charge is 0.427 e. The number of ether oxygens (including phenoxy) is 3. The van der Waals surface area contributed by atoms with Gasteiger partial charge in [0.05, 0.1) is 5.57 Å². The number of unbranched alkanes of at least 4 members (excludes halogenated alkanes) is 21. The lowest BCUT2D eigenvalue weighted by Crippen LogP contribution is -2.33. The average molecular weight is 521 g/mol. The van der Waals surface area contributed by atoms with Crippen LogP contribution in [0, 0.1) is 0 Å². The van der Waals surface area contributed by atoms with Crippen molar-refractivity contribution in [3.8, 4) is 0 Å². The molecule has 0 amide bonds. The van der Waals surface area contributed by atoms with E-state index in [4.69, 9.17) is 14.2 Å². The van der Waals surface area contributed by atoms with Gasteiger partial charge in [-0.25, -0.2) is 4.79 Å². The van der Waals surface area contributed by atoms with E-state index in [1.807, 2.05) is 6.92 Å². The predicted molar refractivity (Wildman–Crippen MR) is 154 cm³/mol. The molecule has 0 aromatic heterocycles. The molecule has 0 saturated carbocycles. The van der Waals surface area contributed by atoms with E-state index < -0.39 is 5.79 Å². The summed E-state index contributed by atoms with van der Waals surface area (Å²) in [7, 11) is 0. The maximum Gasteiger partial charge on any atom is 0.339 e. The van der Waals surface area contributed by atoms with Crippen LogP contribution in [0.3, 0.4) is 0 Å². The first-order valence-electron chi connectivity index (χ1n) is 16.4. The van der Waals surface area contributed by atoms with Gasteiger partial charge in [-0.15, -0.1) is 0 Å². The smallest absolute Gasteiger partial charge is 0.339 e. The van der Waals surface area contributed by atoms with Gasteiger partial charge in [0.2, 0.25) is 5.79 Å². The molecule has 4 heteroatoms. The van der Waals surface area contributed by atoms with Gasteiger partial charge >= 0.3 is 5.97 Å². The second-order valence-electron chi connectivity index (χ2n) is 11.8. The van der Waals surface area contributed by atoms with Gasteiger partial charge in [-0.2, -0.15) is 0 Å². The molecule has 2 aliphatic heterocycles. The Morgan fingerprint density at radius 2 is 1.08 bits per heavy atom. The SMILES string of the molecule is CCCCCCCCCCCCC/C=C1\C(=O)O[C@@]2(C)O[C@@H](CCCCCCCCCCCCC)O[C@@H]12. The number of fused-ring (bicyclic) bond motifs is 1. The molecular formula is C33H60O4. The van der Waals surface area contributed by atoms with Crippen LogP contribution >= 0.6 is 0 Å². The molecule has 37 heavy (non-hydrogen) atoms. The quantitative estimate of drug-likeness (QED) is 0.0721. The fraction of sp³-hybridized carbons (Fsp3) is 0.909. The molecule has 2 aliphatic rings. The van der Waals surface area contributed by atoms with Gasteiger partial charge in [0.1, 0.15) is 0 Å². The van der Waals surface area contributed by atoms with E-state index in [2.05, 4.69) is 19.9 Å². The number of rotatable bonds is 24. The summed E-state index contributed by atoms with van der Waals surface area (Å²) < 4.78 is 17.9. The van der Waals surface area contributed by atoms with Gasteiger partial charge in [0.25, 0.3) is 0 Å². The summed E-state index contributed by atoms with van der Waals surface area (Å²) >= 11 is 0. The Morgan fingerprint density at radius 1 is 0.649 bits per heavy atom. The third-order valence-electron chi connectivity index (χ3n) is 8.16. The molecule has 0 spiro atoms. The monoisotopic (exact) mass is 520 g/mol. The van der Waals surface area contributed by atoms with Crippen molar-refractivity contribution in [3.05, 3.63) is 11.6 Å². The highest BCUT2D eigenvalue weighted by Crippen LogP contribution is 2.42. The molecule has 0 radical (unpaired) electrons. The van der Waals surface area contributed by atoms with Crippen LogP contribution in [-0.4, -0.2) is 24.2 Å². The maximum absolute atomic E-state index is 12.4. The van der Waals surface area contributed by atoms with Crippen molar-refractivity contribution in [1.82, 2.24) is 0 Å². The lowest BCUT2D eigenvalue weighted by molar-refractivity contribution is -0.206. The summed E-state index contributed by atoms with van der Waals surface area (Å²) in [6, 6.07) is 0. The Hall–Kier alpha value is -0.870. The Labute approximate surface area is 229 Å². The highest BCUT2D eigenvalue weighted by atomic mass is 16.8. The van der Waals surface area contributed by atoms with Crippen LogP contribution in [-0.2, 0) is 19.0 Å². The van der Waals surface area contributed by atoms with E-state index in [0.717, 1.165) is 25.7 Å². The number of esters is 1. The minimum absolute atomic E-state index is 0.257. The number of hydrogen-bond donors (Lipinski definition) is 0. The fourth-order valence-corrected chi connectivity index (χ4v) is 5.77. The zero-order chi connectivity index (χ0) is 26.6. The molecular weight excluding hydrogens is 460 g/mol. The van der Waals surface area contributed by atoms with Crippen molar-refractivity contribution < 1.29 is 19.0 Å². The number of hydrogen-bond acceptors (Lipinski definition) is 4. The van der Waals surface area contributed by atoms with Gasteiger partial charge < -0.3 is 14.2 Å². The van der Waals surface area contributed by atoms with Crippen LogP contribution in [0.2, 0.25) is 0 Å². The Bertz CT molecular complexity index is 615. The van der Waals surface area contributed by atoms with E-state index in [9.17, 15) is 4.79 Å². The molecule has 2 saturated heterocycles. The third-order valence-corrected chi connectivity index (χ3v) is 8.16. The zero-order valence-electron chi connectivity index (χ0n) is 24.8. The maximum atomic E-state index is 12.4. The molecule has 2 fully saturated rings. The van der Waals surface area contributed by atoms with Crippen molar-refractivity contribution in [2.45, 2.75) is 193 Å². The zero-order valence-corrected chi connectivity index (χ0v) is 24.8. The second kappa shape index (κ2) is 20.1. The first kappa shape index (κ1) is 32.3. The van der Waals surface area contributed by atoms with Gasteiger partial charge in [-0.3, -0.25) is 0 Å². The topological polar surface area (TPSA) is 44.8 Å². The second-order valence-corrected chi connectivity index (χ2v) is 11.8. The summed E-state index contributed by atoms with van der Waals surface area (Å²) in [5, 5.41) is 0. The van der Waals surface area contributed by atoms with Crippen LogP contribution < -0.4 is 0 Å². The van der Waals surface area contributed by atoms with Gasteiger partial charge in [-0.05, 0) is 25.7 Å². The lowest BCUT2D eigenvalue weighted by Gasteiger charge is -2.19. The molecule has 0 aromatic carbocycles. The summed E-state index contributed by atoms with van der Waals surface area (Å²) in [5.74, 6) is -1.20. The van der Waals surface area contributed by atoms with Crippen LogP contribution in [0.15, 0.2) is 11.6 Å². The first-order chi connectivity index (χ1) is 18.1. The van der Waals surface area contributed by atoms with E-state index >= 15 is 0 Å². The summed E-state index contributed by atoms with van der Waals surface area (Å²) in [5.41, 5.74) is 0.677. The molecule has 0 N–H and O–H groups in total. The molecule has 0 aliphatic carbocycles. The van der Waals surface area contributed by atoms with E-state index in [0.29, 0.717) is 5.57 Å². The standard InChI is InChI=1S/C33H60O4/c1-4-6-8-10-12-14-16-18-19-21-23-25-27-29-31-33(3,37-32(29)34)36-30(35-31)28-26-24-22-20-17-15-13-11-9-7-5-2/h27,30-31H,4-26,28H2,1-3H3/b29-27-/t30-,31-,33+/m0/s1. The van der Waals surface area contributed by atoms with Crippen LogP contribution in [0.25, 0.3) is 0 Å². The number of allylic oxidation sites excluding steroid dienone is 1. The molecule has 2 heterocycles. The van der Waals surface area contributed by atoms with Crippen LogP contribution in [0.1, 0.15) is 175 Å². The lowest BCUT2D eigenvalue weighted by atomic mass is 10.0. The predicted octanol–water partition coefficient (Wildman–Crippen LogP) is 10.3. The summed E-state index contributed by atoms with van der Waals surface area (Å²) in [6.45, 7) is 6.41. The highest BCUT2D eigenvalue weighted by molar-refractivity contribution is 5.92. The van der Waals surface area contributed by atoms with Crippen molar-refractivity contribution in [1.29, 1.82) is 0 Å². The normalized spacial score (nSPS) is 24.2. The van der Waals surface area contributed by atoms with Crippen LogP contribution in [0.4, 0.5) is 0 Å². The molecule has 216 valence electrons. The average Bonchev–Trinajstić information content (AvgIpc) is 3.31. The molecule has 3 atom stereocenters. The van der Waals surface area contributed by atoms with Crippen molar-refractivity contribution >= 4 is 5.97 Å². The van der Waals surface area contributed by atoms with Crippen LogP contribution in [0.5, 0.6) is 0 Å². The summed E-state index contributed by atoms with van der Waals surface area (Å²) in [4.78, 5) is 12.4. The Morgan fingerprint density at radius 3 is 1.57 bits per heavy atom. The highest BCUT2D eigenvalue weighted by Gasteiger charge is 2.58. The molecule has 0 bridgehead atoms. The fourth-order valence-electron chi connectivity index (χ4n) is 5.77. The number of carbonyl (C=O) groups is 1. The summed E-state index contributed by atoms with van der Waals surface area (Å²) in [6.07, 6.45) is 32.5. The Balaban J connectivity index is 1.51. The molecule has 2 rings (SSSR count). The van der Waals surface area contributed by atoms with E-state index in [1.54, 1.807) is 0 Å². The molecule has 0 unspecified atom stereocenters. The van der Waals surface area contributed by atoms with Crippen molar-refractivity contribution in [2.24, 2.45) is 0 Å². The minimum Gasteiger partial charge on any atom is -0.427 e. The van der Waals surface area contributed by atoms with Crippen molar-refractivity contribution in [3.63, 3.8) is 0 Å². The Kier molecular flexibility index (Phi) is 17.6. The van der Waals surface area contributed by atoms with Gasteiger partial charge in [0, 0.05) is 6.92 Å². The van der Waals surface area contributed by atoms with E-state index in [-0.39, 0.29) is 18.4 Å². The molecule has 4 nitrogen and oxygen atoms in total. The van der Waals surface area contributed by atoms with Gasteiger partial charge in [-0.1, -0.05) is 148 Å². The van der Waals surface area contributed by atoms with Crippen molar-refractivity contribution in [2.75, 3.05) is 0 Å². The minimum atomic E-state index is -0.942.